The maximum atomic E-state index is 11.5. The van der Waals surface area contributed by atoms with E-state index in [9.17, 15) is 4.79 Å². The molecule has 0 aliphatic carbocycles. The van der Waals surface area contributed by atoms with E-state index in [0.717, 1.165) is 12.1 Å². The van der Waals surface area contributed by atoms with Gasteiger partial charge in [-0.1, -0.05) is 48.8 Å². The summed E-state index contributed by atoms with van der Waals surface area (Å²) >= 11 is 13.6. The van der Waals surface area contributed by atoms with E-state index in [-0.39, 0.29) is 5.91 Å². The quantitative estimate of drug-likeness (QED) is 0.784. The van der Waals surface area contributed by atoms with Gasteiger partial charge in [0.15, 0.2) is 11.0 Å². The Kier molecular flexibility index (Phi) is 6.33. The molecule has 0 saturated heterocycles. The lowest BCUT2D eigenvalue weighted by Crippen LogP contribution is -2.20. The van der Waals surface area contributed by atoms with E-state index in [2.05, 4.69) is 29.4 Å². The Labute approximate surface area is 149 Å². The van der Waals surface area contributed by atoms with Crippen LogP contribution < -0.4 is 5.32 Å². The Hall–Kier alpha value is -1.24. The highest BCUT2D eigenvalue weighted by atomic mass is 35.5. The van der Waals surface area contributed by atoms with Crippen LogP contribution in [0.5, 0.6) is 0 Å². The number of aromatic nitrogens is 3. The first-order chi connectivity index (χ1) is 10.9. The SMILES string of the molecule is CNC(=O)CSc1nnc(-c2ccc(Cl)cc2Cl)n1CC(C)C. The average Bonchev–Trinajstić information content (AvgIpc) is 2.87. The van der Waals surface area contributed by atoms with Crippen LogP contribution >= 0.6 is 35.0 Å². The molecule has 2 aromatic rings. The molecule has 23 heavy (non-hydrogen) atoms. The van der Waals surface area contributed by atoms with E-state index >= 15 is 0 Å². The van der Waals surface area contributed by atoms with Crippen molar-refractivity contribution in [3.05, 3.63) is 28.2 Å². The van der Waals surface area contributed by atoms with Crippen LogP contribution in [0.2, 0.25) is 10.0 Å². The third-order valence-electron chi connectivity index (χ3n) is 3.05. The summed E-state index contributed by atoms with van der Waals surface area (Å²) in [6.45, 7) is 4.96. The summed E-state index contributed by atoms with van der Waals surface area (Å²) < 4.78 is 1.99. The van der Waals surface area contributed by atoms with Crippen molar-refractivity contribution in [3.63, 3.8) is 0 Å². The zero-order valence-corrected chi connectivity index (χ0v) is 15.5. The highest BCUT2D eigenvalue weighted by Crippen LogP contribution is 2.31. The van der Waals surface area contributed by atoms with Crippen LogP contribution in [-0.4, -0.2) is 33.5 Å². The van der Waals surface area contributed by atoms with Crippen molar-refractivity contribution in [1.29, 1.82) is 0 Å². The van der Waals surface area contributed by atoms with Crippen molar-refractivity contribution in [2.75, 3.05) is 12.8 Å². The van der Waals surface area contributed by atoms with Gasteiger partial charge in [-0.3, -0.25) is 4.79 Å². The average molecular weight is 373 g/mol. The molecule has 0 saturated carbocycles. The van der Waals surface area contributed by atoms with Gasteiger partial charge >= 0.3 is 0 Å². The van der Waals surface area contributed by atoms with Crippen LogP contribution in [-0.2, 0) is 11.3 Å². The maximum absolute atomic E-state index is 11.5. The molecular weight excluding hydrogens is 355 g/mol. The van der Waals surface area contributed by atoms with Crippen LogP contribution in [0.3, 0.4) is 0 Å². The fourth-order valence-electron chi connectivity index (χ4n) is 2.00. The number of thioether (sulfide) groups is 1. The molecule has 0 aliphatic heterocycles. The van der Waals surface area contributed by atoms with Gasteiger partial charge in [0.05, 0.1) is 10.8 Å². The highest BCUT2D eigenvalue weighted by Gasteiger charge is 2.18. The minimum Gasteiger partial charge on any atom is -0.358 e. The van der Waals surface area contributed by atoms with E-state index in [4.69, 9.17) is 23.2 Å². The van der Waals surface area contributed by atoms with Crippen molar-refractivity contribution >= 4 is 40.9 Å². The summed E-state index contributed by atoms with van der Waals surface area (Å²) in [5.41, 5.74) is 0.774. The van der Waals surface area contributed by atoms with Crippen molar-refractivity contribution < 1.29 is 4.79 Å². The second-order valence-corrected chi connectivity index (χ2v) is 7.18. The molecule has 1 aromatic carbocycles. The molecule has 0 fully saturated rings. The second-order valence-electron chi connectivity index (χ2n) is 5.40. The lowest BCUT2D eigenvalue weighted by atomic mass is 10.2. The number of nitrogens with zero attached hydrogens (tertiary/aromatic N) is 3. The van der Waals surface area contributed by atoms with Crippen molar-refractivity contribution in [2.45, 2.75) is 25.5 Å². The monoisotopic (exact) mass is 372 g/mol. The first-order valence-electron chi connectivity index (χ1n) is 7.14. The van der Waals surface area contributed by atoms with Crippen LogP contribution in [0.4, 0.5) is 0 Å². The Balaban J connectivity index is 2.39. The topological polar surface area (TPSA) is 59.8 Å². The first kappa shape index (κ1) is 18.1. The number of benzene rings is 1. The summed E-state index contributed by atoms with van der Waals surface area (Å²) in [5, 5.41) is 12.9. The maximum Gasteiger partial charge on any atom is 0.230 e. The van der Waals surface area contributed by atoms with Crippen LogP contribution in [0.15, 0.2) is 23.4 Å². The molecule has 0 unspecified atom stereocenters. The minimum absolute atomic E-state index is 0.0554. The number of halogens is 2. The Morgan fingerprint density at radius 3 is 2.70 bits per heavy atom. The number of amides is 1. The van der Waals surface area contributed by atoms with Crippen LogP contribution in [0.1, 0.15) is 13.8 Å². The number of hydrogen-bond acceptors (Lipinski definition) is 4. The predicted molar refractivity (Wildman–Crippen MR) is 95.1 cm³/mol. The predicted octanol–water partition coefficient (Wildman–Crippen LogP) is 3.75. The normalized spacial score (nSPS) is 11.0. The van der Waals surface area contributed by atoms with Gasteiger partial charge in [-0.05, 0) is 24.1 Å². The molecule has 8 heteroatoms. The smallest absolute Gasteiger partial charge is 0.230 e. The molecule has 2 rings (SSSR count). The van der Waals surface area contributed by atoms with Gasteiger partial charge in [0.1, 0.15) is 0 Å². The molecule has 5 nitrogen and oxygen atoms in total. The van der Waals surface area contributed by atoms with Gasteiger partial charge in [0.25, 0.3) is 0 Å². The van der Waals surface area contributed by atoms with Gasteiger partial charge < -0.3 is 9.88 Å². The molecule has 1 heterocycles. The molecule has 1 amide bonds. The number of hydrogen-bond donors (Lipinski definition) is 1. The minimum atomic E-state index is -0.0554. The molecule has 124 valence electrons. The van der Waals surface area contributed by atoms with Crippen molar-refractivity contribution in [3.8, 4) is 11.4 Å². The summed E-state index contributed by atoms with van der Waals surface area (Å²) in [6, 6.07) is 5.29. The molecular formula is C15H18Cl2N4OS. The summed E-state index contributed by atoms with van der Waals surface area (Å²) in [4.78, 5) is 11.5. The zero-order chi connectivity index (χ0) is 17.0. The van der Waals surface area contributed by atoms with Crippen LogP contribution in [0, 0.1) is 5.92 Å². The Morgan fingerprint density at radius 1 is 1.35 bits per heavy atom. The third kappa shape index (κ3) is 4.62. The fraction of sp³-hybridized carbons (Fsp3) is 0.400. The van der Waals surface area contributed by atoms with E-state index in [1.807, 2.05) is 10.6 Å². The zero-order valence-electron chi connectivity index (χ0n) is 13.1. The molecule has 0 atom stereocenters. The summed E-state index contributed by atoms with van der Waals surface area (Å²) in [7, 11) is 1.61. The summed E-state index contributed by atoms with van der Waals surface area (Å²) in [6.07, 6.45) is 0. The summed E-state index contributed by atoms with van der Waals surface area (Å²) in [5.74, 6) is 1.32. The molecule has 1 aromatic heterocycles. The Bertz CT molecular complexity index is 703. The van der Waals surface area contributed by atoms with E-state index < -0.39 is 0 Å². The first-order valence-corrected chi connectivity index (χ1v) is 8.88. The Morgan fingerprint density at radius 2 is 2.09 bits per heavy atom. The standard InChI is InChI=1S/C15H18Cl2N4OS/c1-9(2)7-21-14(11-5-4-10(16)6-12(11)17)19-20-15(21)23-8-13(22)18-3/h4-6,9H,7-8H2,1-3H3,(H,18,22). The van der Waals surface area contributed by atoms with Gasteiger partial charge in [0.2, 0.25) is 5.91 Å². The lowest BCUT2D eigenvalue weighted by molar-refractivity contribution is -0.118. The molecule has 0 radical (unpaired) electrons. The fourth-order valence-corrected chi connectivity index (χ4v) is 3.31. The lowest BCUT2D eigenvalue weighted by Gasteiger charge is -2.13. The van der Waals surface area contributed by atoms with E-state index in [1.54, 1.807) is 19.2 Å². The molecule has 0 bridgehead atoms. The number of carbonyl (C=O) groups excluding carboxylic acids is 1. The largest absolute Gasteiger partial charge is 0.358 e. The second kappa shape index (κ2) is 8.04. The number of carbonyl (C=O) groups is 1. The van der Waals surface area contributed by atoms with E-state index in [0.29, 0.717) is 32.7 Å². The van der Waals surface area contributed by atoms with Crippen LogP contribution in [0.25, 0.3) is 11.4 Å². The molecule has 0 spiro atoms. The number of rotatable bonds is 6. The highest BCUT2D eigenvalue weighted by molar-refractivity contribution is 7.99. The number of nitrogens with one attached hydrogen (secondary N) is 1. The van der Waals surface area contributed by atoms with Gasteiger partial charge in [-0.15, -0.1) is 10.2 Å². The van der Waals surface area contributed by atoms with Gasteiger partial charge in [0, 0.05) is 24.2 Å². The van der Waals surface area contributed by atoms with Crippen molar-refractivity contribution in [1.82, 2.24) is 20.1 Å². The molecule has 0 aliphatic rings. The van der Waals surface area contributed by atoms with E-state index in [1.165, 1.54) is 11.8 Å². The van der Waals surface area contributed by atoms with Gasteiger partial charge in [-0.25, -0.2) is 0 Å². The van der Waals surface area contributed by atoms with Crippen molar-refractivity contribution in [2.24, 2.45) is 5.92 Å². The third-order valence-corrected chi connectivity index (χ3v) is 4.56. The van der Waals surface area contributed by atoms with Gasteiger partial charge in [-0.2, -0.15) is 0 Å². The molecule has 1 N–H and O–H groups in total.